The van der Waals surface area contributed by atoms with E-state index in [2.05, 4.69) is 20.5 Å². The summed E-state index contributed by atoms with van der Waals surface area (Å²) in [4.78, 5) is 14.5. The van der Waals surface area contributed by atoms with Crippen molar-refractivity contribution in [2.45, 2.75) is 50.7 Å². The van der Waals surface area contributed by atoms with Crippen molar-refractivity contribution in [1.82, 2.24) is 30.1 Å². The summed E-state index contributed by atoms with van der Waals surface area (Å²) in [6.07, 6.45) is 8.35. The highest BCUT2D eigenvalue weighted by atomic mass is 16.3. The molecule has 1 aliphatic carbocycles. The van der Waals surface area contributed by atoms with Crippen molar-refractivity contribution in [3.63, 3.8) is 0 Å². The van der Waals surface area contributed by atoms with E-state index in [4.69, 9.17) is 0 Å². The molecule has 1 atom stereocenters. The van der Waals surface area contributed by atoms with Gasteiger partial charge in [-0.05, 0) is 19.8 Å². The number of rotatable bonds is 3. The van der Waals surface area contributed by atoms with Crippen LogP contribution in [0.1, 0.15) is 59.9 Å². The molecule has 0 radical (unpaired) electrons. The van der Waals surface area contributed by atoms with E-state index in [0.717, 1.165) is 18.5 Å². The number of H-pyrrole nitrogens is 1. The van der Waals surface area contributed by atoms with Crippen LogP contribution in [0.3, 0.4) is 0 Å². The van der Waals surface area contributed by atoms with E-state index in [1.807, 2.05) is 11.6 Å². The third kappa shape index (κ3) is 2.41. The number of amides is 1. The second kappa shape index (κ2) is 5.70. The molecule has 0 unspecified atom stereocenters. The smallest absolute Gasteiger partial charge is 0.257 e. The lowest BCUT2D eigenvalue weighted by Gasteiger charge is -2.21. The Bertz CT molecular complexity index is 734. The van der Waals surface area contributed by atoms with E-state index >= 15 is 0 Å². The van der Waals surface area contributed by atoms with E-state index in [1.54, 1.807) is 11.1 Å². The average Bonchev–Trinajstić information content (AvgIpc) is 3.34. The maximum atomic E-state index is 12.9. The third-order valence-corrected chi connectivity index (χ3v) is 5.37. The van der Waals surface area contributed by atoms with Gasteiger partial charge in [0.2, 0.25) is 0 Å². The molecule has 4 rings (SSSR count). The van der Waals surface area contributed by atoms with Gasteiger partial charge < -0.3 is 10.0 Å². The van der Waals surface area contributed by atoms with Crippen LogP contribution in [0.25, 0.3) is 0 Å². The SMILES string of the molecule is Cc1c(C(=O)N2CC[C@@](O)(c3cn[nH]n3)C2)cnn1C1CCCC1. The summed E-state index contributed by atoms with van der Waals surface area (Å²) < 4.78 is 2.00. The monoisotopic (exact) mass is 330 g/mol. The highest BCUT2D eigenvalue weighted by Gasteiger charge is 2.42. The average molecular weight is 330 g/mol. The highest BCUT2D eigenvalue weighted by molar-refractivity contribution is 5.95. The molecule has 0 spiro atoms. The number of nitrogens with zero attached hydrogens (tertiary/aromatic N) is 5. The van der Waals surface area contributed by atoms with E-state index < -0.39 is 5.60 Å². The fourth-order valence-electron chi connectivity index (χ4n) is 3.92. The number of β-amino-alcohol motifs (C(OH)–C–C–N with tert-alkyl or cyclic N) is 1. The zero-order valence-corrected chi connectivity index (χ0v) is 13.8. The summed E-state index contributed by atoms with van der Waals surface area (Å²) in [7, 11) is 0. The Morgan fingerprint density at radius 1 is 1.38 bits per heavy atom. The molecule has 1 saturated carbocycles. The van der Waals surface area contributed by atoms with E-state index in [0.29, 0.717) is 30.3 Å². The predicted octanol–water partition coefficient (Wildman–Crippen LogP) is 1.16. The van der Waals surface area contributed by atoms with Crippen LogP contribution >= 0.6 is 0 Å². The Morgan fingerprint density at radius 3 is 2.88 bits per heavy atom. The molecule has 8 nitrogen and oxygen atoms in total. The van der Waals surface area contributed by atoms with Gasteiger partial charge in [-0.1, -0.05) is 12.8 Å². The quantitative estimate of drug-likeness (QED) is 0.879. The molecule has 3 heterocycles. The lowest BCUT2D eigenvalue weighted by Crippen LogP contribution is -2.34. The van der Waals surface area contributed by atoms with Gasteiger partial charge in [-0.15, -0.1) is 0 Å². The van der Waals surface area contributed by atoms with Crippen molar-refractivity contribution in [2.75, 3.05) is 13.1 Å². The topological polar surface area (TPSA) is 99.9 Å². The minimum atomic E-state index is -1.13. The van der Waals surface area contributed by atoms with Gasteiger partial charge in [-0.3, -0.25) is 9.48 Å². The number of carbonyl (C=O) groups is 1. The molecule has 0 bridgehead atoms. The van der Waals surface area contributed by atoms with Crippen LogP contribution in [0, 0.1) is 6.92 Å². The molecule has 24 heavy (non-hydrogen) atoms. The third-order valence-electron chi connectivity index (χ3n) is 5.37. The van der Waals surface area contributed by atoms with Gasteiger partial charge in [0.05, 0.1) is 30.5 Å². The molecular weight excluding hydrogens is 308 g/mol. The Balaban J connectivity index is 1.53. The molecule has 2 aromatic heterocycles. The molecule has 2 aliphatic rings. The van der Waals surface area contributed by atoms with Crippen molar-refractivity contribution >= 4 is 5.91 Å². The van der Waals surface area contributed by atoms with Gasteiger partial charge in [0.15, 0.2) is 0 Å². The predicted molar refractivity (Wildman–Crippen MR) is 85.3 cm³/mol. The van der Waals surface area contributed by atoms with Crippen LogP contribution in [0.5, 0.6) is 0 Å². The molecule has 1 amide bonds. The fourth-order valence-corrected chi connectivity index (χ4v) is 3.92. The summed E-state index contributed by atoms with van der Waals surface area (Å²) in [6.45, 7) is 2.68. The largest absolute Gasteiger partial charge is 0.381 e. The van der Waals surface area contributed by atoms with Crippen molar-refractivity contribution < 1.29 is 9.90 Å². The number of hydrogen-bond donors (Lipinski definition) is 2. The maximum absolute atomic E-state index is 12.9. The molecule has 2 aromatic rings. The lowest BCUT2D eigenvalue weighted by atomic mass is 10.00. The first-order chi connectivity index (χ1) is 11.6. The Morgan fingerprint density at radius 2 is 2.17 bits per heavy atom. The van der Waals surface area contributed by atoms with Crippen molar-refractivity contribution in [3.05, 3.63) is 29.3 Å². The van der Waals surface area contributed by atoms with Gasteiger partial charge in [-0.25, -0.2) is 0 Å². The molecule has 8 heteroatoms. The Kier molecular flexibility index (Phi) is 3.64. The summed E-state index contributed by atoms with van der Waals surface area (Å²) in [6, 6.07) is 0.414. The van der Waals surface area contributed by atoms with E-state index in [-0.39, 0.29) is 12.5 Å². The van der Waals surface area contributed by atoms with Crippen molar-refractivity contribution in [3.8, 4) is 0 Å². The zero-order valence-electron chi connectivity index (χ0n) is 13.8. The molecule has 1 aliphatic heterocycles. The van der Waals surface area contributed by atoms with Crippen LogP contribution in [0.4, 0.5) is 0 Å². The number of aromatic amines is 1. The lowest BCUT2D eigenvalue weighted by molar-refractivity contribution is 0.0382. The van der Waals surface area contributed by atoms with Crippen LogP contribution in [-0.2, 0) is 5.60 Å². The molecule has 2 N–H and O–H groups in total. The first-order valence-electron chi connectivity index (χ1n) is 8.50. The van der Waals surface area contributed by atoms with Crippen LogP contribution < -0.4 is 0 Å². The van der Waals surface area contributed by atoms with Crippen LogP contribution in [0.15, 0.2) is 12.4 Å². The van der Waals surface area contributed by atoms with Crippen LogP contribution in [-0.4, -0.2) is 54.2 Å². The molecule has 1 saturated heterocycles. The van der Waals surface area contributed by atoms with E-state index in [9.17, 15) is 9.90 Å². The first-order valence-corrected chi connectivity index (χ1v) is 8.50. The van der Waals surface area contributed by atoms with Gasteiger partial charge in [0, 0.05) is 18.7 Å². The summed E-state index contributed by atoms with van der Waals surface area (Å²) in [5, 5.41) is 25.4. The van der Waals surface area contributed by atoms with Gasteiger partial charge >= 0.3 is 0 Å². The number of carbonyl (C=O) groups excluding carboxylic acids is 1. The fraction of sp³-hybridized carbons (Fsp3) is 0.625. The van der Waals surface area contributed by atoms with E-state index in [1.165, 1.54) is 19.0 Å². The molecule has 128 valence electrons. The number of hydrogen-bond acceptors (Lipinski definition) is 5. The molecule has 0 aromatic carbocycles. The molecule has 2 fully saturated rings. The van der Waals surface area contributed by atoms with Crippen molar-refractivity contribution in [1.29, 1.82) is 0 Å². The van der Waals surface area contributed by atoms with Gasteiger partial charge in [0.25, 0.3) is 5.91 Å². The summed E-state index contributed by atoms with van der Waals surface area (Å²) >= 11 is 0. The summed E-state index contributed by atoms with van der Waals surface area (Å²) in [5.41, 5.74) is 0.907. The Labute approximate surface area is 139 Å². The first kappa shape index (κ1) is 15.3. The van der Waals surface area contributed by atoms with Crippen LogP contribution in [0.2, 0.25) is 0 Å². The minimum absolute atomic E-state index is 0.0730. The second-order valence-electron chi connectivity index (χ2n) is 6.89. The maximum Gasteiger partial charge on any atom is 0.257 e. The number of aliphatic hydroxyl groups is 1. The number of likely N-dealkylation sites (tertiary alicyclic amines) is 1. The Hall–Kier alpha value is -2.22. The standard InChI is InChI=1S/C16H22N6O2/c1-11-13(8-18-22(11)12-4-2-3-5-12)15(23)21-7-6-16(24,10-21)14-9-17-20-19-14/h8-9,12,24H,2-7,10H2,1H3,(H,17,19,20)/t16-/m0/s1. The minimum Gasteiger partial charge on any atom is -0.381 e. The van der Waals surface area contributed by atoms with Gasteiger partial charge in [-0.2, -0.15) is 20.5 Å². The van der Waals surface area contributed by atoms with Gasteiger partial charge in [0.1, 0.15) is 11.3 Å². The van der Waals surface area contributed by atoms with Crippen molar-refractivity contribution in [2.24, 2.45) is 0 Å². The zero-order chi connectivity index (χ0) is 16.7. The summed E-state index contributed by atoms with van der Waals surface area (Å²) in [5.74, 6) is -0.0730. The number of aromatic nitrogens is 5. The highest BCUT2D eigenvalue weighted by Crippen LogP contribution is 2.33. The normalized spacial score (nSPS) is 24.8. The number of nitrogens with one attached hydrogen (secondary N) is 1. The second-order valence-corrected chi connectivity index (χ2v) is 6.89. The molecular formula is C16H22N6O2.